The van der Waals surface area contributed by atoms with E-state index < -0.39 is 0 Å². The SMILES string of the molecule is CCOCC(=O)Nn1cnc2ccccc21. The van der Waals surface area contributed by atoms with E-state index in [9.17, 15) is 4.79 Å². The summed E-state index contributed by atoms with van der Waals surface area (Å²) in [4.78, 5) is 15.6. The number of fused-ring (bicyclic) bond motifs is 1. The lowest BCUT2D eigenvalue weighted by Crippen LogP contribution is -2.26. The smallest absolute Gasteiger partial charge is 0.264 e. The Hall–Kier alpha value is -1.88. The Morgan fingerprint density at radius 3 is 3.12 bits per heavy atom. The zero-order valence-electron chi connectivity index (χ0n) is 9.01. The Morgan fingerprint density at radius 2 is 2.31 bits per heavy atom. The highest BCUT2D eigenvalue weighted by atomic mass is 16.5. The summed E-state index contributed by atoms with van der Waals surface area (Å²) in [7, 11) is 0. The molecule has 1 N–H and O–H groups in total. The summed E-state index contributed by atoms with van der Waals surface area (Å²) in [6, 6.07) is 7.58. The van der Waals surface area contributed by atoms with Crippen molar-refractivity contribution < 1.29 is 9.53 Å². The molecule has 0 saturated heterocycles. The number of hydrogen-bond donors (Lipinski definition) is 1. The molecule has 2 aromatic rings. The van der Waals surface area contributed by atoms with Crippen molar-refractivity contribution in [1.82, 2.24) is 9.66 Å². The number of carbonyl (C=O) groups is 1. The summed E-state index contributed by atoms with van der Waals surface area (Å²) in [5.74, 6) is -0.190. The molecule has 5 heteroatoms. The maximum absolute atomic E-state index is 11.4. The average molecular weight is 219 g/mol. The van der Waals surface area contributed by atoms with Crippen LogP contribution in [0, 0.1) is 0 Å². The summed E-state index contributed by atoms with van der Waals surface area (Å²) < 4.78 is 6.60. The third-order valence-corrected chi connectivity index (χ3v) is 2.14. The van der Waals surface area contributed by atoms with E-state index in [-0.39, 0.29) is 12.5 Å². The number of aromatic nitrogens is 2. The van der Waals surface area contributed by atoms with Gasteiger partial charge in [0.1, 0.15) is 12.9 Å². The molecule has 1 aromatic heterocycles. The molecule has 84 valence electrons. The molecule has 0 aliphatic rings. The molecule has 1 amide bonds. The van der Waals surface area contributed by atoms with Gasteiger partial charge in [-0.05, 0) is 19.1 Å². The molecule has 16 heavy (non-hydrogen) atoms. The fraction of sp³-hybridized carbons (Fsp3) is 0.273. The zero-order chi connectivity index (χ0) is 11.4. The number of imidazole rings is 1. The van der Waals surface area contributed by atoms with Crippen molar-refractivity contribution in [2.75, 3.05) is 18.6 Å². The number of hydrogen-bond acceptors (Lipinski definition) is 3. The molecular weight excluding hydrogens is 206 g/mol. The predicted octanol–water partition coefficient (Wildman–Crippen LogP) is 1.14. The minimum atomic E-state index is -0.190. The van der Waals surface area contributed by atoms with Gasteiger partial charge in [-0.1, -0.05) is 12.1 Å². The van der Waals surface area contributed by atoms with E-state index in [0.29, 0.717) is 6.61 Å². The summed E-state index contributed by atoms with van der Waals surface area (Å²) in [6.45, 7) is 2.43. The van der Waals surface area contributed by atoms with Gasteiger partial charge in [0.05, 0.1) is 11.0 Å². The third kappa shape index (κ3) is 2.20. The van der Waals surface area contributed by atoms with Gasteiger partial charge in [0.25, 0.3) is 5.91 Å². The molecule has 2 rings (SSSR count). The molecular formula is C11H13N3O2. The number of amides is 1. The summed E-state index contributed by atoms with van der Waals surface area (Å²) in [5.41, 5.74) is 4.40. The molecule has 0 atom stereocenters. The molecule has 5 nitrogen and oxygen atoms in total. The van der Waals surface area contributed by atoms with E-state index in [2.05, 4.69) is 10.4 Å². The highest BCUT2D eigenvalue weighted by Gasteiger charge is 2.04. The van der Waals surface area contributed by atoms with Crippen molar-refractivity contribution >= 4 is 16.9 Å². The second kappa shape index (κ2) is 4.76. The van der Waals surface area contributed by atoms with Gasteiger partial charge in [-0.25, -0.2) is 9.66 Å². The second-order valence-corrected chi connectivity index (χ2v) is 3.28. The summed E-state index contributed by atoms with van der Waals surface area (Å²) >= 11 is 0. The molecule has 0 spiro atoms. The maximum atomic E-state index is 11.4. The van der Waals surface area contributed by atoms with E-state index in [0.717, 1.165) is 11.0 Å². The number of nitrogens with zero attached hydrogens (tertiary/aromatic N) is 2. The van der Waals surface area contributed by atoms with Gasteiger partial charge in [0.15, 0.2) is 0 Å². The minimum Gasteiger partial charge on any atom is -0.372 e. The first kappa shape index (κ1) is 10.6. The van der Waals surface area contributed by atoms with Gasteiger partial charge >= 0.3 is 0 Å². The molecule has 0 unspecified atom stereocenters. The predicted molar refractivity (Wildman–Crippen MR) is 60.6 cm³/mol. The fourth-order valence-corrected chi connectivity index (χ4v) is 1.41. The molecule has 0 saturated carbocycles. The van der Waals surface area contributed by atoms with Crippen LogP contribution in [-0.4, -0.2) is 28.8 Å². The van der Waals surface area contributed by atoms with Gasteiger partial charge in [-0.2, -0.15) is 0 Å². The van der Waals surface area contributed by atoms with Crippen LogP contribution in [0.4, 0.5) is 0 Å². The van der Waals surface area contributed by atoms with Crippen LogP contribution in [0.3, 0.4) is 0 Å². The normalized spacial score (nSPS) is 10.6. The number of para-hydroxylation sites is 2. The van der Waals surface area contributed by atoms with Crippen LogP contribution in [0.5, 0.6) is 0 Å². The van der Waals surface area contributed by atoms with E-state index in [4.69, 9.17) is 4.74 Å². The molecule has 0 aliphatic heterocycles. The van der Waals surface area contributed by atoms with Gasteiger partial charge < -0.3 is 4.74 Å². The molecule has 0 aliphatic carbocycles. The van der Waals surface area contributed by atoms with Crippen LogP contribution in [0.2, 0.25) is 0 Å². The van der Waals surface area contributed by atoms with E-state index in [1.165, 1.54) is 0 Å². The number of rotatable bonds is 4. The third-order valence-electron chi connectivity index (χ3n) is 2.14. The lowest BCUT2D eigenvalue weighted by atomic mass is 10.3. The van der Waals surface area contributed by atoms with Crippen LogP contribution < -0.4 is 5.43 Å². The standard InChI is InChI=1S/C11H13N3O2/c1-2-16-7-11(15)13-14-8-12-9-5-3-4-6-10(9)14/h3-6,8H,2,7H2,1H3,(H,13,15). The van der Waals surface area contributed by atoms with Crippen molar-refractivity contribution in [1.29, 1.82) is 0 Å². The van der Waals surface area contributed by atoms with Crippen molar-refractivity contribution in [3.63, 3.8) is 0 Å². The van der Waals surface area contributed by atoms with Crippen molar-refractivity contribution in [2.45, 2.75) is 6.92 Å². The first-order valence-electron chi connectivity index (χ1n) is 5.11. The van der Waals surface area contributed by atoms with E-state index in [1.807, 2.05) is 31.2 Å². The lowest BCUT2D eigenvalue weighted by molar-refractivity contribution is -0.121. The number of carbonyl (C=O) groups excluding carboxylic acids is 1. The highest BCUT2D eigenvalue weighted by molar-refractivity contribution is 5.87. The maximum Gasteiger partial charge on any atom is 0.264 e. The number of nitrogens with one attached hydrogen (secondary N) is 1. The van der Waals surface area contributed by atoms with Gasteiger partial charge in [-0.15, -0.1) is 0 Å². The molecule has 0 fully saturated rings. The second-order valence-electron chi connectivity index (χ2n) is 3.28. The molecule has 0 radical (unpaired) electrons. The van der Waals surface area contributed by atoms with Crippen LogP contribution >= 0.6 is 0 Å². The van der Waals surface area contributed by atoms with Crippen molar-refractivity contribution in [3.8, 4) is 0 Å². The lowest BCUT2D eigenvalue weighted by Gasteiger charge is -2.06. The van der Waals surface area contributed by atoms with Gasteiger partial charge in [0, 0.05) is 6.61 Å². The first-order valence-corrected chi connectivity index (χ1v) is 5.11. The van der Waals surface area contributed by atoms with Crippen LogP contribution in [0.15, 0.2) is 30.6 Å². The Morgan fingerprint density at radius 1 is 1.50 bits per heavy atom. The quantitative estimate of drug-likeness (QED) is 0.839. The Bertz CT molecular complexity index is 493. The van der Waals surface area contributed by atoms with E-state index >= 15 is 0 Å². The van der Waals surface area contributed by atoms with Crippen molar-refractivity contribution in [3.05, 3.63) is 30.6 Å². The van der Waals surface area contributed by atoms with Crippen LogP contribution in [-0.2, 0) is 9.53 Å². The fourth-order valence-electron chi connectivity index (χ4n) is 1.41. The monoisotopic (exact) mass is 219 g/mol. The average Bonchev–Trinajstić information content (AvgIpc) is 2.70. The number of benzene rings is 1. The first-order chi connectivity index (χ1) is 7.81. The highest BCUT2D eigenvalue weighted by Crippen LogP contribution is 2.09. The van der Waals surface area contributed by atoms with Gasteiger partial charge in [0.2, 0.25) is 0 Å². The van der Waals surface area contributed by atoms with Crippen LogP contribution in [0.25, 0.3) is 11.0 Å². The molecule has 0 bridgehead atoms. The van der Waals surface area contributed by atoms with Gasteiger partial charge in [-0.3, -0.25) is 10.2 Å². The Balaban J connectivity index is 2.12. The summed E-state index contributed by atoms with van der Waals surface area (Å²) in [5, 5.41) is 0. The number of ether oxygens (including phenoxy) is 1. The Labute approximate surface area is 93.0 Å². The topological polar surface area (TPSA) is 56.1 Å². The zero-order valence-corrected chi connectivity index (χ0v) is 9.01. The minimum absolute atomic E-state index is 0.0585. The van der Waals surface area contributed by atoms with Crippen molar-refractivity contribution in [2.24, 2.45) is 0 Å². The summed E-state index contributed by atoms with van der Waals surface area (Å²) in [6.07, 6.45) is 1.58. The molecule has 1 aromatic carbocycles. The van der Waals surface area contributed by atoms with E-state index in [1.54, 1.807) is 11.0 Å². The largest absolute Gasteiger partial charge is 0.372 e. The Kier molecular flexibility index (Phi) is 3.16. The molecule has 1 heterocycles. The van der Waals surface area contributed by atoms with Crippen LogP contribution in [0.1, 0.15) is 6.92 Å².